The standard InChI is InChI=1S/C19H17F2NO5S3/c1-27-16-9-6-14(21)11-18(16)30(25,26)22-12-19(17-3-2-10-28-17)29(23,24)15-7-4-13(20)5-8-15/h2-11,19,22H,12H2,1H3/t19-/m0/s1. The van der Waals surface area contributed by atoms with Gasteiger partial charge in [0.25, 0.3) is 0 Å². The van der Waals surface area contributed by atoms with Gasteiger partial charge < -0.3 is 4.74 Å². The van der Waals surface area contributed by atoms with Crippen LogP contribution < -0.4 is 9.46 Å². The summed E-state index contributed by atoms with van der Waals surface area (Å²) in [6.45, 7) is -0.512. The topological polar surface area (TPSA) is 89.5 Å². The van der Waals surface area contributed by atoms with Crippen LogP contribution in [-0.2, 0) is 19.9 Å². The van der Waals surface area contributed by atoms with E-state index in [1.165, 1.54) is 7.11 Å². The lowest BCUT2D eigenvalue weighted by atomic mass is 10.3. The number of benzene rings is 2. The fourth-order valence-corrected chi connectivity index (χ4v) is 6.87. The highest BCUT2D eigenvalue weighted by molar-refractivity contribution is 7.92. The molecule has 1 aromatic heterocycles. The summed E-state index contributed by atoms with van der Waals surface area (Å²) in [4.78, 5) is -0.202. The van der Waals surface area contributed by atoms with Crippen LogP contribution in [0.2, 0.25) is 0 Å². The van der Waals surface area contributed by atoms with Gasteiger partial charge >= 0.3 is 0 Å². The third kappa shape index (κ3) is 4.69. The van der Waals surface area contributed by atoms with Crippen molar-refractivity contribution in [2.45, 2.75) is 15.0 Å². The van der Waals surface area contributed by atoms with Crippen LogP contribution in [0.4, 0.5) is 8.78 Å². The normalized spacial score (nSPS) is 13.2. The van der Waals surface area contributed by atoms with Crippen LogP contribution in [0.3, 0.4) is 0 Å². The molecule has 0 spiro atoms. The van der Waals surface area contributed by atoms with Crippen molar-refractivity contribution in [3.63, 3.8) is 0 Å². The van der Waals surface area contributed by atoms with Crippen LogP contribution in [0.5, 0.6) is 5.75 Å². The summed E-state index contributed by atoms with van der Waals surface area (Å²) in [5.74, 6) is -1.47. The molecule has 0 saturated carbocycles. The molecule has 160 valence electrons. The quantitative estimate of drug-likeness (QED) is 0.506. The first-order valence-electron chi connectivity index (χ1n) is 8.51. The van der Waals surface area contributed by atoms with E-state index < -0.39 is 48.2 Å². The molecule has 0 saturated heterocycles. The Hall–Kier alpha value is -2.34. The molecule has 2 aromatic carbocycles. The Morgan fingerprint density at radius 1 is 1.00 bits per heavy atom. The molecule has 0 aliphatic carbocycles. The first kappa shape index (κ1) is 22.3. The number of nitrogens with one attached hydrogen (secondary N) is 1. The maximum absolute atomic E-state index is 13.6. The van der Waals surface area contributed by atoms with Gasteiger partial charge in [0.15, 0.2) is 9.84 Å². The monoisotopic (exact) mass is 473 g/mol. The highest BCUT2D eigenvalue weighted by atomic mass is 32.2. The average Bonchev–Trinajstić information content (AvgIpc) is 3.22. The molecule has 6 nitrogen and oxygen atoms in total. The van der Waals surface area contributed by atoms with Crippen LogP contribution in [0, 0.1) is 11.6 Å². The molecule has 0 radical (unpaired) electrons. The smallest absolute Gasteiger partial charge is 0.244 e. The van der Waals surface area contributed by atoms with E-state index in [0.29, 0.717) is 4.88 Å². The lowest BCUT2D eigenvalue weighted by molar-refractivity contribution is 0.400. The second kappa shape index (κ2) is 8.80. The zero-order valence-electron chi connectivity index (χ0n) is 15.6. The van der Waals surface area contributed by atoms with Gasteiger partial charge in [0, 0.05) is 11.4 Å². The molecule has 11 heteroatoms. The number of thiophene rings is 1. The molecule has 0 fully saturated rings. The van der Waals surface area contributed by atoms with Gasteiger partial charge in [-0.1, -0.05) is 6.07 Å². The third-order valence-corrected chi connectivity index (χ3v) is 8.93. The van der Waals surface area contributed by atoms with Gasteiger partial charge in [-0.2, -0.15) is 0 Å². The zero-order valence-corrected chi connectivity index (χ0v) is 18.0. The van der Waals surface area contributed by atoms with Crippen molar-refractivity contribution in [3.05, 3.63) is 76.5 Å². The first-order chi connectivity index (χ1) is 14.1. The lowest BCUT2D eigenvalue weighted by Crippen LogP contribution is -2.32. The predicted octanol–water partition coefficient (Wildman–Crippen LogP) is 3.53. The molecule has 0 aliphatic heterocycles. The molecule has 3 rings (SSSR count). The van der Waals surface area contributed by atoms with Crippen molar-refractivity contribution >= 4 is 31.2 Å². The van der Waals surface area contributed by atoms with Crippen molar-refractivity contribution in [1.29, 1.82) is 0 Å². The Labute approximate surface area is 177 Å². The maximum atomic E-state index is 13.6. The Morgan fingerprint density at radius 2 is 1.67 bits per heavy atom. The van der Waals surface area contributed by atoms with Crippen molar-refractivity contribution in [1.82, 2.24) is 4.72 Å². The summed E-state index contributed by atoms with van der Waals surface area (Å²) < 4.78 is 85.8. The molecule has 0 aliphatic rings. The van der Waals surface area contributed by atoms with E-state index in [1.54, 1.807) is 17.5 Å². The fourth-order valence-electron chi connectivity index (χ4n) is 2.75. The zero-order chi connectivity index (χ0) is 21.9. The minimum atomic E-state index is -4.30. The van der Waals surface area contributed by atoms with Crippen LogP contribution in [0.25, 0.3) is 0 Å². The number of hydrogen-bond acceptors (Lipinski definition) is 6. The van der Waals surface area contributed by atoms with Crippen molar-refractivity contribution in [2.75, 3.05) is 13.7 Å². The van der Waals surface area contributed by atoms with Crippen LogP contribution in [0.1, 0.15) is 10.1 Å². The Balaban J connectivity index is 1.96. The summed E-state index contributed by atoms with van der Waals surface area (Å²) in [7, 11) is -7.12. The highest BCUT2D eigenvalue weighted by Crippen LogP contribution is 2.32. The molecular formula is C19H17F2NO5S3. The fraction of sp³-hybridized carbons (Fsp3) is 0.158. The van der Waals surface area contributed by atoms with Gasteiger partial charge in [0.05, 0.1) is 12.0 Å². The summed E-state index contributed by atoms with van der Waals surface area (Å²) in [5, 5.41) is 0.393. The van der Waals surface area contributed by atoms with Gasteiger partial charge in [-0.15, -0.1) is 11.3 Å². The minimum absolute atomic E-state index is 0.0852. The molecule has 30 heavy (non-hydrogen) atoms. The average molecular weight is 474 g/mol. The SMILES string of the molecule is COc1ccc(F)cc1S(=O)(=O)NC[C@@H](c1cccs1)S(=O)(=O)c1ccc(F)cc1. The molecule has 0 amide bonds. The second-order valence-electron chi connectivity index (χ2n) is 6.15. The maximum Gasteiger partial charge on any atom is 0.244 e. The van der Waals surface area contributed by atoms with Gasteiger partial charge in [-0.25, -0.2) is 30.3 Å². The van der Waals surface area contributed by atoms with E-state index in [9.17, 15) is 25.6 Å². The van der Waals surface area contributed by atoms with Crippen LogP contribution in [-0.4, -0.2) is 30.5 Å². The number of hydrogen-bond donors (Lipinski definition) is 1. The van der Waals surface area contributed by atoms with E-state index in [2.05, 4.69) is 4.72 Å². The van der Waals surface area contributed by atoms with Gasteiger partial charge in [0.1, 0.15) is 27.5 Å². The Bertz CT molecular complexity index is 1230. The third-order valence-electron chi connectivity index (χ3n) is 4.25. The molecule has 0 unspecified atom stereocenters. The second-order valence-corrected chi connectivity index (χ2v) is 11.0. The van der Waals surface area contributed by atoms with Gasteiger partial charge in [-0.3, -0.25) is 0 Å². The summed E-state index contributed by atoms with van der Waals surface area (Å²) in [5.41, 5.74) is 0. The number of ether oxygens (including phenoxy) is 1. The largest absolute Gasteiger partial charge is 0.495 e. The molecule has 1 N–H and O–H groups in total. The summed E-state index contributed by atoms with van der Waals surface area (Å²) in [6, 6.07) is 10.5. The van der Waals surface area contributed by atoms with E-state index in [-0.39, 0.29) is 10.6 Å². The van der Waals surface area contributed by atoms with E-state index >= 15 is 0 Å². The van der Waals surface area contributed by atoms with Crippen molar-refractivity contribution < 1.29 is 30.4 Å². The molecule has 3 aromatic rings. The molecule has 1 atom stereocenters. The van der Waals surface area contributed by atoms with E-state index in [1.807, 2.05) is 0 Å². The lowest BCUT2D eigenvalue weighted by Gasteiger charge is -2.18. The summed E-state index contributed by atoms with van der Waals surface area (Å²) in [6.07, 6.45) is 0. The Morgan fingerprint density at radius 3 is 2.27 bits per heavy atom. The number of sulfone groups is 1. The summed E-state index contributed by atoms with van der Waals surface area (Å²) >= 11 is 1.14. The predicted molar refractivity (Wildman–Crippen MR) is 109 cm³/mol. The van der Waals surface area contributed by atoms with Crippen molar-refractivity contribution in [2.24, 2.45) is 0 Å². The van der Waals surface area contributed by atoms with E-state index in [0.717, 1.165) is 53.8 Å². The van der Waals surface area contributed by atoms with Crippen LogP contribution in [0.15, 0.2) is 69.8 Å². The van der Waals surface area contributed by atoms with Gasteiger partial charge in [0.2, 0.25) is 10.0 Å². The minimum Gasteiger partial charge on any atom is -0.495 e. The highest BCUT2D eigenvalue weighted by Gasteiger charge is 2.32. The first-order valence-corrected chi connectivity index (χ1v) is 12.4. The van der Waals surface area contributed by atoms with Crippen molar-refractivity contribution in [3.8, 4) is 5.75 Å². The molecule has 0 bridgehead atoms. The Kier molecular flexibility index (Phi) is 6.56. The molecule has 1 heterocycles. The number of methoxy groups -OCH3 is 1. The van der Waals surface area contributed by atoms with Gasteiger partial charge in [-0.05, 0) is 53.9 Å². The van der Waals surface area contributed by atoms with Crippen LogP contribution >= 0.6 is 11.3 Å². The number of rotatable bonds is 8. The molecular weight excluding hydrogens is 456 g/mol. The number of sulfonamides is 1. The number of halogens is 2. The van der Waals surface area contributed by atoms with E-state index in [4.69, 9.17) is 4.74 Å².